The second-order valence-electron chi connectivity index (χ2n) is 13.1. The maximum Gasteiger partial charge on any atom is 0.0547 e. The molecule has 240 valence electrons. The van der Waals surface area contributed by atoms with Crippen LogP contribution in [0.25, 0.3) is 71.6 Å². The van der Waals surface area contributed by atoms with E-state index >= 15 is 0 Å². The first-order valence-electron chi connectivity index (χ1n) is 17.4. The smallest absolute Gasteiger partial charge is 0.0547 e. The molecule has 0 aliphatic heterocycles. The topological polar surface area (TPSA) is 24.0 Å². The van der Waals surface area contributed by atoms with Gasteiger partial charge in [0.25, 0.3) is 0 Å². The summed E-state index contributed by atoms with van der Waals surface area (Å²) < 4.78 is 2.38. The van der Waals surface area contributed by atoms with Gasteiger partial charge in [0.05, 0.1) is 11.0 Å². The van der Waals surface area contributed by atoms with E-state index in [1.807, 2.05) is 0 Å². The number of aromatic nitrogens is 2. The van der Waals surface area contributed by atoms with Crippen LogP contribution in [0.2, 0.25) is 0 Å². The molecule has 10 aromatic rings. The number of benzene rings is 8. The van der Waals surface area contributed by atoms with E-state index in [9.17, 15) is 0 Å². The van der Waals surface area contributed by atoms with E-state index in [2.05, 4.69) is 209 Å². The van der Waals surface area contributed by atoms with Crippen molar-refractivity contribution < 1.29 is 0 Å². The lowest BCUT2D eigenvalue weighted by molar-refractivity contribution is 1.18. The molecule has 0 aliphatic carbocycles. The molecule has 0 saturated heterocycles. The molecule has 1 N–H and O–H groups in total. The Morgan fingerprint density at radius 3 is 1.59 bits per heavy atom. The summed E-state index contributed by atoms with van der Waals surface area (Å²) in [5.41, 5.74) is 13.9. The number of rotatable bonds is 6. The van der Waals surface area contributed by atoms with Crippen LogP contribution in [0.1, 0.15) is 0 Å². The van der Waals surface area contributed by atoms with Crippen molar-refractivity contribution in [3.8, 4) is 27.9 Å². The van der Waals surface area contributed by atoms with Crippen LogP contribution in [0.5, 0.6) is 0 Å². The molecule has 2 heterocycles. The Morgan fingerprint density at radius 1 is 0.333 bits per heavy atom. The average molecular weight is 652 g/mol. The summed E-state index contributed by atoms with van der Waals surface area (Å²) in [5, 5.41) is 4.99. The highest BCUT2D eigenvalue weighted by Crippen LogP contribution is 2.40. The molecule has 3 heteroatoms. The number of fused-ring (bicyclic) bond motifs is 6. The number of nitrogens with zero attached hydrogens (tertiary/aromatic N) is 2. The Balaban J connectivity index is 1.08. The van der Waals surface area contributed by atoms with Crippen molar-refractivity contribution in [3.63, 3.8) is 0 Å². The van der Waals surface area contributed by atoms with E-state index in [1.165, 1.54) is 54.8 Å². The molecule has 0 saturated carbocycles. The number of nitrogens with one attached hydrogen (secondary N) is 1. The monoisotopic (exact) mass is 651 g/mol. The van der Waals surface area contributed by atoms with Gasteiger partial charge >= 0.3 is 0 Å². The Hall–Kier alpha value is -6.84. The van der Waals surface area contributed by atoms with Crippen LogP contribution >= 0.6 is 0 Å². The highest BCUT2D eigenvalue weighted by atomic mass is 15.1. The van der Waals surface area contributed by atoms with E-state index in [4.69, 9.17) is 0 Å². The van der Waals surface area contributed by atoms with Crippen LogP contribution in [0.15, 0.2) is 194 Å². The molecule has 3 nitrogen and oxygen atoms in total. The van der Waals surface area contributed by atoms with Gasteiger partial charge in [-0.2, -0.15) is 0 Å². The zero-order chi connectivity index (χ0) is 33.7. The summed E-state index contributed by atoms with van der Waals surface area (Å²) in [6.07, 6.45) is 0. The first-order chi connectivity index (χ1) is 25.3. The van der Waals surface area contributed by atoms with Crippen LogP contribution in [-0.4, -0.2) is 9.55 Å². The van der Waals surface area contributed by atoms with Crippen LogP contribution in [0.3, 0.4) is 0 Å². The molecule has 0 unspecified atom stereocenters. The summed E-state index contributed by atoms with van der Waals surface area (Å²) >= 11 is 0. The molecule has 0 atom stereocenters. The molecule has 0 radical (unpaired) electrons. The zero-order valence-electron chi connectivity index (χ0n) is 27.9. The van der Waals surface area contributed by atoms with E-state index in [1.54, 1.807) is 0 Å². The fourth-order valence-electron chi connectivity index (χ4n) is 7.67. The second kappa shape index (κ2) is 11.9. The Bertz CT molecular complexity index is 2830. The molecular formula is C48H33N3. The molecule has 10 rings (SSSR count). The minimum absolute atomic E-state index is 1.10. The summed E-state index contributed by atoms with van der Waals surface area (Å²) in [6, 6.07) is 69.9. The Labute approximate surface area is 296 Å². The van der Waals surface area contributed by atoms with Crippen molar-refractivity contribution in [2.75, 3.05) is 4.90 Å². The van der Waals surface area contributed by atoms with Crippen molar-refractivity contribution in [2.24, 2.45) is 0 Å². The van der Waals surface area contributed by atoms with Crippen LogP contribution in [-0.2, 0) is 0 Å². The fraction of sp³-hybridized carbons (Fsp3) is 0. The Kier molecular flexibility index (Phi) is 6.81. The number of hydrogen-bond acceptors (Lipinski definition) is 1. The maximum atomic E-state index is 3.65. The molecule has 0 amide bonds. The normalized spacial score (nSPS) is 11.5. The molecule has 0 fully saturated rings. The lowest BCUT2D eigenvalue weighted by Crippen LogP contribution is -2.09. The van der Waals surface area contributed by atoms with Crippen LogP contribution in [0.4, 0.5) is 17.1 Å². The van der Waals surface area contributed by atoms with Crippen LogP contribution < -0.4 is 4.90 Å². The first-order valence-corrected chi connectivity index (χ1v) is 17.4. The third-order valence-corrected chi connectivity index (χ3v) is 10.1. The lowest BCUT2D eigenvalue weighted by atomic mass is 10.0. The van der Waals surface area contributed by atoms with Gasteiger partial charge in [0.15, 0.2) is 0 Å². The molecule has 0 aliphatic rings. The third-order valence-electron chi connectivity index (χ3n) is 10.1. The standard InChI is InChI=1S/C48H33N3/c1-3-11-33(12-4-1)34-19-24-38(25-20-34)50(40-28-30-42-41-15-7-9-17-45(41)49-46(42)32-40)39-26-21-35(22-27-39)36-23-29-44-43-16-8-10-18-47(43)51(48(44)31-36)37-13-5-2-6-14-37/h1-32,49H. The highest BCUT2D eigenvalue weighted by molar-refractivity contribution is 6.10. The maximum absolute atomic E-state index is 3.65. The number of hydrogen-bond donors (Lipinski definition) is 1. The molecule has 0 spiro atoms. The average Bonchev–Trinajstić information content (AvgIpc) is 3.74. The van der Waals surface area contributed by atoms with Crippen LogP contribution in [0, 0.1) is 0 Å². The summed E-state index contributed by atoms with van der Waals surface area (Å²) in [4.78, 5) is 6.00. The van der Waals surface area contributed by atoms with Crippen molar-refractivity contribution in [1.29, 1.82) is 0 Å². The molecule has 0 bridgehead atoms. The van der Waals surface area contributed by atoms with Crippen molar-refractivity contribution in [1.82, 2.24) is 9.55 Å². The number of anilines is 3. The van der Waals surface area contributed by atoms with Gasteiger partial charge in [-0.15, -0.1) is 0 Å². The second-order valence-corrected chi connectivity index (χ2v) is 13.1. The largest absolute Gasteiger partial charge is 0.354 e. The third kappa shape index (κ3) is 4.98. The molecule has 2 aromatic heterocycles. The minimum atomic E-state index is 1.10. The summed E-state index contributed by atoms with van der Waals surface area (Å²) in [7, 11) is 0. The number of para-hydroxylation sites is 3. The van der Waals surface area contributed by atoms with Gasteiger partial charge in [-0.25, -0.2) is 0 Å². The van der Waals surface area contributed by atoms with Gasteiger partial charge in [-0.05, 0) is 89.0 Å². The summed E-state index contributed by atoms with van der Waals surface area (Å²) in [5.74, 6) is 0. The predicted molar refractivity (Wildman–Crippen MR) is 216 cm³/mol. The Morgan fingerprint density at radius 2 is 0.843 bits per heavy atom. The van der Waals surface area contributed by atoms with Crippen molar-refractivity contribution in [2.45, 2.75) is 0 Å². The van der Waals surface area contributed by atoms with Crippen molar-refractivity contribution >= 4 is 60.7 Å². The predicted octanol–water partition coefficient (Wildman–Crippen LogP) is 13.2. The number of aromatic amines is 1. The SMILES string of the molecule is c1ccc(-c2ccc(N(c3ccc(-c4ccc5c6ccccc6n(-c6ccccc6)c5c4)cc3)c3ccc4c(c3)[nH]c3ccccc34)cc2)cc1. The lowest BCUT2D eigenvalue weighted by Gasteiger charge is -2.26. The van der Waals surface area contributed by atoms with Gasteiger partial charge < -0.3 is 14.5 Å². The van der Waals surface area contributed by atoms with Gasteiger partial charge in [0, 0.05) is 55.3 Å². The summed E-state index contributed by atoms with van der Waals surface area (Å²) in [6.45, 7) is 0. The van der Waals surface area contributed by atoms with Crippen molar-refractivity contribution in [3.05, 3.63) is 194 Å². The first kappa shape index (κ1) is 29.1. The zero-order valence-corrected chi connectivity index (χ0v) is 27.9. The van der Waals surface area contributed by atoms with Gasteiger partial charge in [0.1, 0.15) is 0 Å². The molecular weight excluding hydrogens is 619 g/mol. The van der Waals surface area contributed by atoms with E-state index in [0.29, 0.717) is 0 Å². The number of H-pyrrole nitrogens is 1. The van der Waals surface area contributed by atoms with Gasteiger partial charge in [-0.3, -0.25) is 0 Å². The van der Waals surface area contributed by atoms with Gasteiger partial charge in [0.2, 0.25) is 0 Å². The minimum Gasteiger partial charge on any atom is -0.354 e. The van der Waals surface area contributed by atoms with E-state index in [0.717, 1.165) is 33.8 Å². The van der Waals surface area contributed by atoms with Gasteiger partial charge in [-0.1, -0.05) is 127 Å². The molecule has 51 heavy (non-hydrogen) atoms. The van der Waals surface area contributed by atoms with E-state index < -0.39 is 0 Å². The quantitative estimate of drug-likeness (QED) is 0.190. The van der Waals surface area contributed by atoms with E-state index in [-0.39, 0.29) is 0 Å². The fourth-order valence-corrected chi connectivity index (χ4v) is 7.67. The molecule has 8 aromatic carbocycles. The highest BCUT2D eigenvalue weighted by Gasteiger charge is 2.17.